The summed E-state index contributed by atoms with van der Waals surface area (Å²) in [5.41, 5.74) is 10.2. The van der Waals surface area contributed by atoms with Gasteiger partial charge >= 0.3 is 0 Å². The maximum Gasteiger partial charge on any atom is 0.0910 e. The molecular formula is C5H11N3. The molecule has 0 aromatic carbocycles. The normalized spacial score (nSPS) is 7.50. The van der Waals surface area contributed by atoms with Gasteiger partial charge in [0.1, 0.15) is 0 Å². The Morgan fingerprint density at radius 3 is 2.62 bits per heavy atom. The lowest BCUT2D eigenvalue weighted by molar-refractivity contribution is 0.972. The lowest BCUT2D eigenvalue weighted by atomic mass is 10.5. The maximum absolute atomic E-state index is 5.10. The average Bonchev–Trinajstić information content (AvgIpc) is 1.66. The summed E-state index contributed by atoms with van der Waals surface area (Å²) in [6.45, 7) is 4.08. The van der Waals surface area contributed by atoms with Crippen LogP contribution in [0.25, 0.3) is 0 Å². The molecule has 3 heteroatoms. The summed E-state index contributed by atoms with van der Waals surface area (Å²) in [4.78, 5) is 0. The highest BCUT2D eigenvalue weighted by molar-refractivity contribution is 4.92. The van der Waals surface area contributed by atoms with Gasteiger partial charge in [-0.25, -0.2) is 0 Å². The topological polar surface area (TPSA) is 64.1 Å². The van der Waals surface area contributed by atoms with Crippen LogP contribution in [-0.2, 0) is 0 Å². The minimum absolute atomic E-state index is 0.333. The summed E-state index contributed by atoms with van der Waals surface area (Å²) in [6.07, 6.45) is 3.25. The minimum atomic E-state index is 0.333. The molecule has 0 aromatic heterocycles. The van der Waals surface area contributed by atoms with Crippen molar-refractivity contribution in [2.45, 2.75) is 0 Å². The molecule has 5 N–H and O–H groups in total. The Kier molecular flexibility index (Phi) is 3.48. The standard InChI is InChI=1S/C5H11N3/c1-2-8-4-3-5(6)7/h2-3,8H,1,4,6-7H2. The lowest BCUT2D eigenvalue weighted by Gasteiger charge is -1.91. The molecule has 0 amide bonds. The van der Waals surface area contributed by atoms with Gasteiger partial charge in [-0.15, -0.1) is 0 Å². The average molecular weight is 113 g/mol. The molecule has 0 aliphatic rings. The van der Waals surface area contributed by atoms with Gasteiger partial charge < -0.3 is 16.8 Å². The molecular weight excluding hydrogens is 102 g/mol. The molecule has 3 nitrogen and oxygen atoms in total. The Morgan fingerprint density at radius 1 is 1.62 bits per heavy atom. The van der Waals surface area contributed by atoms with E-state index in [0.717, 1.165) is 0 Å². The maximum atomic E-state index is 5.10. The first-order valence-corrected chi connectivity index (χ1v) is 2.32. The van der Waals surface area contributed by atoms with Gasteiger partial charge in [0, 0.05) is 6.54 Å². The van der Waals surface area contributed by atoms with E-state index in [1.807, 2.05) is 0 Å². The molecule has 0 saturated heterocycles. The number of hydrogen-bond acceptors (Lipinski definition) is 3. The fraction of sp³-hybridized carbons (Fsp3) is 0.200. The van der Waals surface area contributed by atoms with Crippen LogP contribution in [0.2, 0.25) is 0 Å². The van der Waals surface area contributed by atoms with Crippen LogP contribution >= 0.6 is 0 Å². The highest BCUT2D eigenvalue weighted by Gasteiger charge is 1.73. The van der Waals surface area contributed by atoms with Gasteiger partial charge in [-0.3, -0.25) is 0 Å². The van der Waals surface area contributed by atoms with E-state index < -0.39 is 0 Å². The molecule has 0 aromatic rings. The van der Waals surface area contributed by atoms with Gasteiger partial charge in [-0.05, 0) is 12.3 Å². The van der Waals surface area contributed by atoms with E-state index in [1.165, 1.54) is 0 Å². The van der Waals surface area contributed by atoms with Gasteiger partial charge in [0.15, 0.2) is 0 Å². The first-order chi connectivity index (χ1) is 3.77. The van der Waals surface area contributed by atoms with Crippen LogP contribution in [0.1, 0.15) is 0 Å². The SMILES string of the molecule is C=CNCC=C(N)N. The van der Waals surface area contributed by atoms with Crippen molar-refractivity contribution in [3.05, 3.63) is 24.7 Å². The van der Waals surface area contributed by atoms with E-state index >= 15 is 0 Å². The van der Waals surface area contributed by atoms with E-state index in [0.29, 0.717) is 12.4 Å². The highest BCUT2D eigenvalue weighted by Crippen LogP contribution is 1.66. The zero-order chi connectivity index (χ0) is 6.41. The van der Waals surface area contributed by atoms with Crippen LogP contribution in [0.5, 0.6) is 0 Å². The number of rotatable bonds is 3. The zero-order valence-electron chi connectivity index (χ0n) is 4.72. The summed E-state index contributed by atoms with van der Waals surface area (Å²) in [5.74, 6) is 0.333. The molecule has 0 bridgehead atoms. The molecule has 8 heavy (non-hydrogen) atoms. The molecule has 0 heterocycles. The van der Waals surface area contributed by atoms with Crippen molar-refractivity contribution in [2.24, 2.45) is 11.5 Å². The summed E-state index contributed by atoms with van der Waals surface area (Å²) < 4.78 is 0. The predicted octanol–water partition coefficient (Wildman–Crippen LogP) is -0.522. The second kappa shape index (κ2) is 4.05. The number of nitrogens with two attached hydrogens (primary N) is 2. The zero-order valence-corrected chi connectivity index (χ0v) is 4.72. The number of hydrogen-bond donors (Lipinski definition) is 3. The predicted molar refractivity (Wildman–Crippen MR) is 34.7 cm³/mol. The largest absolute Gasteiger partial charge is 0.388 e. The Labute approximate surface area is 49.0 Å². The van der Waals surface area contributed by atoms with E-state index in [-0.39, 0.29) is 0 Å². The van der Waals surface area contributed by atoms with Crippen molar-refractivity contribution in [1.82, 2.24) is 5.32 Å². The molecule has 0 aliphatic carbocycles. The lowest BCUT2D eigenvalue weighted by Crippen LogP contribution is -2.12. The van der Waals surface area contributed by atoms with E-state index in [9.17, 15) is 0 Å². The molecule has 0 rings (SSSR count). The fourth-order valence-corrected chi connectivity index (χ4v) is 0.260. The van der Waals surface area contributed by atoms with Crippen LogP contribution in [0.3, 0.4) is 0 Å². The van der Waals surface area contributed by atoms with Crippen LogP contribution < -0.4 is 16.8 Å². The second-order valence-corrected chi connectivity index (χ2v) is 1.32. The third-order valence-electron chi connectivity index (χ3n) is 0.600. The molecule has 0 atom stereocenters. The van der Waals surface area contributed by atoms with Gasteiger partial charge in [-0.1, -0.05) is 6.58 Å². The van der Waals surface area contributed by atoms with Crippen LogP contribution in [-0.4, -0.2) is 6.54 Å². The second-order valence-electron chi connectivity index (χ2n) is 1.32. The van der Waals surface area contributed by atoms with Crippen LogP contribution in [0, 0.1) is 0 Å². The van der Waals surface area contributed by atoms with E-state index in [1.54, 1.807) is 12.3 Å². The molecule has 0 fully saturated rings. The first-order valence-electron chi connectivity index (χ1n) is 2.32. The van der Waals surface area contributed by atoms with Crippen molar-refractivity contribution in [2.75, 3.05) is 6.54 Å². The molecule has 0 aliphatic heterocycles. The van der Waals surface area contributed by atoms with E-state index in [4.69, 9.17) is 11.5 Å². The summed E-state index contributed by atoms with van der Waals surface area (Å²) in [5, 5.41) is 2.81. The van der Waals surface area contributed by atoms with Gasteiger partial charge in [0.25, 0.3) is 0 Å². The van der Waals surface area contributed by atoms with Gasteiger partial charge in [0.2, 0.25) is 0 Å². The first kappa shape index (κ1) is 6.88. The van der Waals surface area contributed by atoms with Gasteiger partial charge in [-0.2, -0.15) is 0 Å². The third-order valence-corrected chi connectivity index (χ3v) is 0.600. The van der Waals surface area contributed by atoms with Crippen LogP contribution in [0.4, 0.5) is 0 Å². The van der Waals surface area contributed by atoms with Crippen molar-refractivity contribution in [1.29, 1.82) is 0 Å². The Bertz CT molecular complexity index is 91.8. The summed E-state index contributed by atoms with van der Waals surface area (Å²) >= 11 is 0. The quantitative estimate of drug-likeness (QED) is 0.431. The van der Waals surface area contributed by atoms with Crippen molar-refractivity contribution >= 4 is 0 Å². The molecule has 0 unspecified atom stereocenters. The smallest absolute Gasteiger partial charge is 0.0910 e. The van der Waals surface area contributed by atoms with Crippen LogP contribution in [0.15, 0.2) is 24.7 Å². The molecule has 0 saturated carbocycles. The summed E-state index contributed by atoms with van der Waals surface area (Å²) in [7, 11) is 0. The Morgan fingerprint density at radius 2 is 2.25 bits per heavy atom. The third kappa shape index (κ3) is 4.88. The van der Waals surface area contributed by atoms with Crippen molar-refractivity contribution < 1.29 is 0 Å². The van der Waals surface area contributed by atoms with E-state index in [2.05, 4.69) is 11.9 Å². The Balaban J connectivity index is 3.15. The molecule has 0 spiro atoms. The monoisotopic (exact) mass is 113 g/mol. The highest BCUT2D eigenvalue weighted by atomic mass is 14.8. The summed E-state index contributed by atoms with van der Waals surface area (Å²) in [6, 6.07) is 0. The minimum Gasteiger partial charge on any atom is -0.388 e. The Hall–Kier alpha value is -1.12. The van der Waals surface area contributed by atoms with Crippen molar-refractivity contribution in [3.63, 3.8) is 0 Å². The number of nitrogens with one attached hydrogen (secondary N) is 1. The molecule has 46 valence electrons. The van der Waals surface area contributed by atoms with Crippen molar-refractivity contribution in [3.8, 4) is 0 Å². The fourth-order valence-electron chi connectivity index (χ4n) is 0.260. The van der Waals surface area contributed by atoms with Gasteiger partial charge in [0.05, 0.1) is 5.82 Å². The molecule has 0 radical (unpaired) electrons.